The summed E-state index contributed by atoms with van der Waals surface area (Å²) < 4.78 is 4.76. The molecule has 1 fully saturated rings. The van der Waals surface area contributed by atoms with Crippen LogP contribution in [0.4, 0.5) is 0 Å². The van der Waals surface area contributed by atoms with Crippen LogP contribution < -0.4 is 5.73 Å². The molecule has 0 amide bonds. The molecule has 1 saturated heterocycles. The smallest absolute Gasteiger partial charge is 0.225 e. The molecular formula is C11H16ClN5O4S. The zero-order chi connectivity index (χ0) is 16.3. The van der Waals surface area contributed by atoms with Crippen molar-refractivity contribution in [2.75, 3.05) is 12.9 Å². The molecule has 0 radical (unpaired) electrons. The predicted octanol–water partition coefficient (Wildman–Crippen LogP) is -0.888. The lowest BCUT2D eigenvalue weighted by atomic mass is 10.1. The van der Waals surface area contributed by atoms with Crippen LogP contribution in [0.25, 0.3) is 11.2 Å². The number of hydrogen-bond acceptors (Lipinski definition) is 9. The van der Waals surface area contributed by atoms with Crippen molar-refractivity contribution in [3.05, 3.63) is 11.6 Å². The van der Waals surface area contributed by atoms with Crippen molar-refractivity contribution in [3.63, 3.8) is 0 Å². The number of aromatic amines is 1. The molecule has 1 aliphatic rings. The molecule has 0 saturated carbocycles. The number of nitrogens with two attached hydrogens (primary N) is 1. The van der Waals surface area contributed by atoms with E-state index in [1.54, 1.807) is 6.33 Å². The van der Waals surface area contributed by atoms with Crippen molar-refractivity contribution in [3.8, 4) is 0 Å². The first-order chi connectivity index (χ1) is 10.4. The Morgan fingerprint density at radius 2 is 2.23 bits per heavy atom. The largest absolute Gasteiger partial charge is 0.388 e. The molecule has 0 spiro atoms. The van der Waals surface area contributed by atoms with Gasteiger partial charge < -0.3 is 30.8 Å². The van der Waals surface area contributed by atoms with Gasteiger partial charge in [0.25, 0.3) is 0 Å². The minimum absolute atomic E-state index is 0.0279. The van der Waals surface area contributed by atoms with Gasteiger partial charge in [-0.1, -0.05) is 0 Å². The first-order valence-corrected chi connectivity index (χ1v) is 7.86. The molecule has 2 aromatic heterocycles. The minimum Gasteiger partial charge on any atom is -0.388 e. The second kappa shape index (κ2) is 7.51. The van der Waals surface area contributed by atoms with Crippen molar-refractivity contribution < 1.29 is 20.1 Å². The SMILES string of the molecule is CSc1nc(Cl)nc2nc[nH]c12.NC(O)[C@H]1OC[C@H](O)[C@@H]1O. The highest BCUT2D eigenvalue weighted by atomic mass is 35.5. The molecule has 0 aliphatic carbocycles. The molecule has 11 heteroatoms. The van der Waals surface area contributed by atoms with E-state index in [-0.39, 0.29) is 11.9 Å². The Kier molecular flexibility index (Phi) is 5.92. The van der Waals surface area contributed by atoms with Gasteiger partial charge >= 0.3 is 0 Å². The summed E-state index contributed by atoms with van der Waals surface area (Å²) >= 11 is 7.18. The number of aliphatic hydroxyl groups is 3. The van der Waals surface area contributed by atoms with E-state index >= 15 is 0 Å². The molecule has 0 bridgehead atoms. The van der Waals surface area contributed by atoms with Crippen molar-refractivity contribution in [2.24, 2.45) is 5.73 Å². The van der Waals surface area contributed by atoms with E-state index in [0.717, 1.165) is 10.5 Å². The molecule has 4 atom stereocenters. The zero-order valence-corrected chi connectivity index (χ0v) is 13.1. The van der Waals surface area contributed by atoms with Crippen LogP contribution in [0.3, 0.4) is 0 Å². The van der Waals surface area contributed by atoms with Crippen molar-refractivity contribution in [1.82, 2.24) is 19.9 Å². The zero-order valence-electron chi connectivity index (χ0n) is 11.5. The van der Waals surface area contributed by atoms with Crippen LogP contribution in [0.1, 0.15) is 0 Å². The van der Waals surface area contributed by atoms with Crippen LogP contribution in [0.15, 0.2) is 11.4 Å². The third kappa shape index (κ3) is 3.84. The van der Waals surface area contributed by atoms with Gasteiger partial charge in [-0.3, -0.25) is 0 Å². The molecule has 3 heterocycles. The first kappa shape index (κ1) is 17.3. The fraction of sp³-hybridized carbons (Fsp3) is 0.545. The Balaban J connectivity index is 0.000000164. The third-order valence-electron chi connectivity index (χ3n) is 2.95. The summed E-state index contributed by atoms with van der Waals surface area (Å²) in [4.78, 5) is 14.9. The average Bonchev–Trinajstić information content (AvgIpc) is 3.06. The van der Waals surface area contributed by atoms with Crippen molar-refractivity contribution in [2.45, 2.75) is 29.6 Å². The molecule has 122 valence electrons. The normalized spacial score (nSPS) is 25.8. The number of aliphatic hydroxyl groups excluding tert-OH is 3. The Hall–Kier alpha value is -1.01. The maximum Gasteiger partial charge on any atom is 0.225 e. The van der Waals surface area contributed by atoms with E-state index in [9.17, 15) is 0 Å². The van der Waals surface area contributed by atoms with E-state index in [1.807, 2.05) is 6.26 Å². The van der Waals surface area contributed by atoms with E-state index in [2.05, 4.69) is 19.9 Å². The van der Waals surface area contributed by atoms with Gasteiger partial charge in [-0.05, 0) is 17.9 Å². The van der Waals surface area contributed by atoms with Gasteiger partial charge in [-0.25, -0.2) is 9.97 Å². The summed E-state index contributed by atoms with van der Waals surface area (Å²) in [5, 5.41) is 27.7. The van der Waals surface area contributed by atoms with Crippen LogP contribution in [0.2, 0.25) is 5.28 Å². The van der Waals surface area contributed by atoms with Gasteiger partial charge in [0.2, 0.25) is 5.28 Å². The molecule has 22 heavy (non-hydrogen) atoms. The number of nitrogens with zero attached hydrogens (tertiary/aromatic N) is 3. The van der Waals surface area contributed by atoms with Crippen LogP contribution >= 0.6 is 23.4 Å². The summed E-state index contributed by atoms with van der Waals surface area (Å²) in [6.07, 6.45) is -0.570. The van der Waals surface area contributed by atoms with Gasteiger partial charge in [0.1, 0.15) is 35.1 Å². The Morgan fingerprint density at radius 3 is 2.73 bits per heavy atom. The fourth-order valence-corrected chi connectivity index (χ4v) is 2.60. The summed E-state index contributed by atoms with van der Waals surface area (Å²) in [5.74, 6) is 0. The monoisotopic (exact) mass is 349 g/mol. The van der Waals surface area contributed by atoms with Crippen LogP contribution in [0.5, 0.6) is 0 Å². The Bertz CT molecular complexity index is 628. The fourth-order valence-electron chi connectivity index (χ4n) is 1.86. The van der Waals surface area contributed by atoms with Crippen molar-refractivity contribution >= 4 is 34.5 Å². The first-order valence-electron chi connectivity index (χ1n) is 6.26. The Labute approximate surface area is 134 Å². The van der Waals surface area contributed by atoms with Crippen LogP contribution in [0, 0.1) is 0 Å². The van der Waals surface area contributed by atoms with Crippen LogP contribution in [-0.2, 0) is 4.74 Å². The van der Waals surface area contributed by atoms with E-state index in [0.29, 0.717) is 5.65 Å². The van der Waals surface area contributed by atoms with Crippen LogP contribution in [-0.4, -0.2) is 72.7 Å². The number of hydrogen-bond donors (Lipinski definition) is 5. The summed E-state index contributed by atoms with van der Waals surface area (Å²) in [6, 6.07) is 0. The van der Waals surface area contributed by atoms with E-state index < -0.39 is 24.5 Å². The third-order valence-corrected chi connectivity index (χ3v) is 3.80. The molecule has 0 aromatic carbocycles. The highest BCUT2D eigenvalue weighted by Crippen LogP contribution is 2.21. The maximum absolute atomic E-state index is 9.01. The maximum atomic E-state index is 9.01. The topological polar surface area (TPSA) is 150 Å². The Morgan fingerprint density at radius 1 is 1.50 bits per heavy atom. The van der Waals surface area contributed by atoms with E-state index in [1.165, 1.54) is 11.8 Å². The van der Waals surface area contributed by atoms with Gasteiger partial charge in [0.15, 0.2) is 5.65 Å². The summed E-state index contributed by atoms with van der Waals surface area (Å²) in [7, 11) is 0. The lowest BCUT2D eigenvalue weighted by Crippen LogP contribution is -2.43. The number of thioether (sulfide) groups is 1. The number of imidazole rings is 1. The second-order valence-corrected chi connectivity index (χ2v) is 5.58. The molecular weight excluding hydrogens is 334 g/mol. The minimum atomic E-state index is -1.23. The number of rotatable bonds is 2. The molecule has 9 nitrogen and oxygen atoms in total. The molecule has 1 aliphatic heterocycles. The highest BCUT2D eigenvalue weighted by molar-refractivity contribution is 7.98. The quantitative estimate of drug-likeness (QED) is 0.201. The van der Waals surface area contributed by atoms with E-state index in [4.69, 9.17) is 37.4 Å². The van der Waals surface area contributed by atoms with Gasteiger partial charge in [-0.2, -0.15) is 4.98 Å². The van der Waals surface area contributed by atoms with Crippen molar-refractivity contribution in [1.29, 1.82) is 0 Å². The molecule has 1 unspecified atom stereocenters. The predicted molar refractivity (Wildman–Crippen MR) is 80.4 cm³/mol. The molecule has 6 N–H and O–H groups in total. The summed E-state index contributed by atoms with van der Waals surface area (Å²) in [5.41, 5.74) is 6.46. The second-order valence-electron chi connectivity index (χ2n) is 4.45. The number of H-pyrrole nitrogens is 1. The van der Waals surface area contributed by atoms with Gasteiger partial charge in [-0.15, -0.1) is 11.8 Å². The number of halogens is 1. The number of fused-ring (bicyclic) bond motifs is 1. The summed E-state index contributed by atoms with van der Waals surface area (Å²) in [6.45, 7) is 0.0279. The van der Waals surface area contributed by atoms with Gasteiger partial charge in [0, 0.05) is 0 Å². The molecule has 3 rings (SSSR count). The molecule has 2 aromatic rings. The lowest BCUT2D eigenvalue weighted by Gasteiger charge is -2.16. The average molecular weight is 350 g/mol. The van der Waals surface area contributed by atoms with Gasteiger partial charge in [0.05, 0.1) is 12.9 Å². The lowest BCUT2D eigenvalue weighted by molar-refractivity contribution is -0.0477. The number of nitrogens with one attached hydrogen (secondary N) is 1. The standard InChI is InChI=1S/C6H5ClN4S.C5H11NO4/c1-12-5-3-4(9-2-8-3)10-6(7)11-5;6-5(9)4-3(8)2(7)1-10-4/h2H,1H3,(H,8,9,10,11);2-5,7-9H,1,6H2/t;2-,3-,4-,5?/m.0/s1. The number of aromatic nitrogens is 4. The number of ether oxygens (including phenoxy) is 1. The highest BCUT2D eigenvalue weighted by Gasteiger charge is 2.37.